The molecule has 6 aliphatic rings. The van der Waals surface area contributed by atoms with E-state index in [-0.39, 0.29) is 98.5 Å². The van der Waals surface area contributed by atoms with Gasteiger partial charge < -0.3 is 78.5 Å². The maximum atomic E-state index is 15.4. The second-order valence-electron chi connectivity index (χ2n) is 34.4. The van der Waals surface area contributed by atoms with Gasteiger partial charge in [0.15, 0.2) is 0 Å². The highest BCUT2D eigenvalue weighted by atomic mass is 35.5. The molecular weight excluding hydrogens is 1480 g/mol. The molecule has 3 aliphatic heterocycles. The number of fused-ring (bicyclic) bond motifs is 3. The number of likely N-dealkylation sites (N-methyl/N-ethyl adjacent to an activating group) is 3. The molecule has 1 unspecified atom stereocenters. The number of rotatable bonds is 24. The molecule has 15 atom stereocenters. The lowest BCUT2D eigenvalue weighted by Crippen LogP contribution is -2.59. The van der Waals surface area contributed by atoms with Crippen LogP contribution in [0.4, 0.5) is 0 Å². The second-order valence-corrected chi connectivity index (χ2v) is 34.4. The van der Waals surface area contributed by atoms with Crippen LogP contribution >= 0.6 is 24.8 Å². The Morgan fingerprint density at radius 2 is 0.602 bits per heavy atom. The summed E-state index contributed by atoms with van der Waals surface area (Å²) in [6, 6.07) is 14.7. The highest BCUT2D eigenvalue weighted by molar-refractivity contribution is 6.06. The number of likely N-dealkylation sites (tertiary alicyclic amines) is 3. The van der Waals surface area contributed by atoms with Crippen LogP contribution in [0.2, 0.25) is 0 Å². The Morgan fingerprint density at radius 3 is 0.832 bits per heavy atom. The first-order valence-electron chi connectivity index (χ1n) is 39.5. The SMILES string of the molecule is CN[C@@H](C)C(=O)NC(C(=O)N1C[C@@H](NC(=O)c2cc(C(=O)N[C@H]3C[C@@H](C(=O)N[C@@H]4CCCc5ccccc54)N(C(=O)[C@@H](NC(=O)[C@H](C)NC)C(C)(C)C)C3)cc(C(=O)N[C@H]3C[C@@H](C(=O)N[C@@H]4CCCc5ccccc54)N(C(=O)[C@@H](NC(=O)[C@H](C)NC)C(C)(C)C)C3)c2)C[C@H]1C(=O)N[C@@H]1CCCc2ccccc21)C(C)(C)C.Cl.Cl. The van der Waals surface area contributed by atoms with E-state index in [0.717, 1.165) is 71.9 Å². The van der Waals surface area contributed by atoms with Gasteiger partial charge in [-0.15, -0.1) is 24.8 Å². The number of hydrogen-bond donors (Lipinski definition) is 12. The number of carbonyl (C=O) groups excluding carboxylic acids is 12. The second kappa shape index (κ2) is 38.0. The molecule has 12 N–H and O–H groups in total. The van der Waals surface area contributed by atoms with Crippen LogP contribution in [0, 0.1) is 16.2 Å². The van der Waals surface area contributed by atoms with Crippen LogP contribution in [0.15, 0.2) is 91.0 Å². The van der Waals surface area contributed by atoms with Gasteiger partial charge in [0.1, 0.15) is 36.3 Å². The van der Waals surface area contributed by atoms with Crippen LogP contribution in [0.3, 0.4) is 0 Å². The lowest BCUT2D eigenvalue weighted by Gasteiger charge is -2.36. The Balaban J connectivity index is 0.00000800. The van der Waals surface area contributed by atoms with Gasteiger partial charge in [0.25, 0.3) is 17.7 Å². The molecule has 0 radical (unpaired) electrons. The van der Waals surface area contributed by atoms with E-state index in [9.17, 15) is 28.8 Å². The molecule has 616 valence electrons. The van der Waals surface area contributed by atoms with E-state index in [0.29, 0.717) is 19.3 Å². The molecule has 0 spiro atoms. The van der Waals surface area contributed by atoms with Crippen molar-refractivity contribution in [3.63, 3.8) is 0 Å². The quantitative estimate of drug-likeness (QED) is 0.0405. The number of carbonyl (C=O) groups is 12. The molecule has 12 amide bonds. The predicted molar refractivity (Wildman–Crippen MR) is 436 cm³/mol. The Bertz CT molecular complexity index is 3750. The van der Waals surface area contributed by atoms with Crippen molar-refractivity contribution in [3.8, 4) is 0 Å². The number of nitrogens with one attached hydrogen (secondary N) is 12. The van der Waals surface area contributed by atoms with Crippen molar-refractivity contribution in [3.05, 3.63) is 141 Å². The van der Waals surface area contributed by atoms with Crippen LogP contribution < -0.4 is 63.8 Å². The molecule has 3 heterocycles. The molecule has 4 aromatic carbocycles. The number of amides is 12. The van der Waals surface area contributed by atoms with Crippen LogP contribution in [0.1, 0.15) is 223 Å². The van der Waals surface area contributed by atoms with Crippen molar-refractivity contribution in [2.24, 2.45) is 16.2 Å². The number of nitrogens with zero attached hydrogens (tertiary/aromatic N) is 3. The monoisotopic (exact) mass is 1600 g/mol. The Kier molecular flexibility index (Phi) is 30.1. The zero-order valence-electron chi connectivity index (χ0n) is 68.0. The smallest absolute Gasteiger partial charge is 0.251 e. The summed E-state index contributed by atoms with van der Waals surface area (Å²) < 4.78 is 0. The van der Waals surface area contributed by atoms with E-state index in [4.69, 9.17) is 0 Å². The fourth-order valence-electron chi connectivity index (χ4n) is 16.3. The molecule has 0 saturated carbocycles. The molecule has 0 bridgehead atoms. The highest BCUT2D eigenvalue weighted by Crippen LogP contribution is 2.37. The van der Waals surface area contributed by atoms with E-state index in [1.165, 1.54) is 32.9 Å². The molecule has 4 aromatic rings. The summed E-state index contributed by atoms with van der Waals surface area (Å²) in [5, 5.41) is 36.3. The average molecular weight is 1600 g/mol. The van der Waals surface area contributed by atoms with Gasteiger partial charge in [-0.05, 0) is 187 Å². The number of benzene rings is 4. The molecule has 0 aromatic heterocycles. The van der Waals surface area contributed by atoms with Crippen LogP contribution in [-0.4, -0.2) is 199 Å². The highest BCUT2D eigenvalue weighted by Gasteiger charge is 2.50. The fraction of sp³-hybridized carbons (Fsp3) is 0.571. The summed E-state index contributed by atoms with van der Waals surface area (Å²) in [5.41, 5.74) is 2.95. The van der Waals surface area contributed by atoms with E-state index < -0.39 is 160 Å². The zero-order chi connectivity index (χ0) is 80.7. The molecule has 3 aliphatic carbocycles. The first kappa shape index (κ1) is 89.5. The van der Waals surface area contributed by atoms with Crippen molar-refractivity contribution < 1.29 is 57.5 Å². The molecule has 113 heavy (non-hydrogen) atoms. The van der Waals surface area contributed by atoms with E-state index >= 15 is 28.8 Å². The van der Waals surface area contributed by atoms with Crippen LogP contribution in [0.5, 0.6) is 0 Å². The standard InChI is InChI=1S/C84H117N15O12.2ClH/c1-46(85-13)70(100)94-67(82(4,5)6)79(109)97-43-55(40-64(97)76(106)91-61-34-22-28-49-25-16-19-31-58(49)61)88-73(103)52-37-53(74(104)89-56-41-65(77(107)92-62-35-23-29-50-26-17-20-32-59(50)62)98(44-56)80(110)68(83(7,8)9)95-71(101)47(2)86-14)39-54(38-52)75(105)90-57-42-66(78(108)93-63-36-24-30-51-27-18-21-33-60(51)63)99(45-57)81(111)69(84(10,11)12)96-72(102)48(3)87-15;;/h16-21,25-27,31-33,37-39,46-48,55-57,61-69,85-87H,22-24,28-30,34-36,40-45H2,1-15H3,(H,88,103)(H,89,104)(H,90,105)(H,91,106)(H,92,107)(H,93,108)(H,94,100)(H,95,101)(H,96,102);2*1H/t46-,47-,48-,55-,56-,57-,61+,62+,63+,64-,65-,66-,67+,68+,69?;;/m0../s1. The van der Waals surface area contributed by atoms with Gasteiger partial charge in [-0.3, -0.25) is 57.5 Å². The lowest BCUT2D eigenvalue weighted by molar-refractivity contribution is -0.144. The lowest BCUT2D eigenvalue weighted by atomic mass is 9.85. The Hall–Kier alpha value is -9.02. The molecule has 3 fully saturated rings. The first-order chi connectivity index (χ1) is 52.5. The number of aryl methyl sites for hydroxylation is 3. The van der Waals surface area contributed by atoms with Crippen LogP contribution in [0.25, 0.3) is 0 Å². The summed E-state index contributed by atoms with van der Waals surface area (Å²) in [6.45, 7) is 20.6. The van der Waals surface area contributed by atoms with E-state index in [1.807, 2.05) is 72.8 Å². The minimum absolute atomic E-state index is 0. The van der Waals surface area contributed by atoms with E-state index in [1.54, 1.807) is 104 Å². The minimum atomic E-state index is -1.15. The van der Waals surface area contributed by atoms with Crippen molar-refractivity contribution in [1.82, 2.24) is 78.5 Å². The molecule has 10 rings (SSSR count). The Labute approximate surface area is 677 Å². The minimum Gasteiger partial charge on any atom is -0.347 e. The first-order valence-corrected chi connectivity index (χ1v) is 39.5. The van der Waals surface area contributed by atoms with Gasteiger partial charge in [0.2, 0.25) is 53.2 Å². The summed E-state index contributed by atoms with van der Waals surface area (Å²) >= 11 is 0. The summed E-state index contributed by atoms with van der Waals surface area (Å²) in [6.07, 6.45) is 6.57. The van der Waals surface area contributed by atoms with Crippen molar-refractivity contribution in [2.75, 3.05) is 40.8 Å². The van der Waals surface area contributed by atoms with Crippen molar-refractivity contribution in [2.45, 2.75) is 251 Å². The fourth-order valence-corrected chi connectivity index (χ4v) is 16.3. The van der Waals surface area contributed by atoms with Crippen molar-refractivity contribution >= 4 is 95.7 Å². The largest absolute Gasteiger partial charge is 0.347 e. The van der Waals surface area contributed by atoms with Crippen molar-refractivity contribution in [1.29, 1.82) is 0 Å². The zero-order valence-corrected chi connectivity index (χ0v) is 69.6. The number of hydrogen-bond acceptors (Lipinski definition) is 15. The molecule has 27 nitrogen and oxygen atoms in total. The normalized spacial score (nSPS) is 22.9. The Morgan fingerprint density at radius 1 is 0.363 bits per heavy atom. The average Bonchev–Trinajstić information content (AvgIpc) is 1.68. The third-order valence-electron chi connectivity index (χ3n) is 23.1. The van der Waals surface area contributed by atoms with Crippen LogP contribution in [-0.2, 0) is 62.4 Å². The third-order valence-corrected chi connectivity index (χ3v) is 23.1. The van der Waals surface area contributed by atoms with Gasteiger partial charge in [0.05, 0.1) is 36.3 Å². The summed E-state index contributed by atoms with van der Waals surface area (Å²) in [4.78, 5) is 182. The molecular formula is C84H119Cl2N15O12. The maximum absolute atomic E-state index is 15.4. The summed E-state index contributed by atoms with van der Waals surface area (Å²) in [7, 11) is 4.87. The topological polar surface area (TPSA) is 359 Å². The molecule has 29 heteroatoms. The predicted octanol–water partition coefficient (Wildman–Crippen LogP) is 5.63. The maximum Gasteiger partial charge on any atom is 0.251 e. The third kappa shape index (κ3) is 21.3. The summed E-state index contributed by atoms with van der Waals surface area (Å²) in [5.74, 6) is -6.82. The number of halogens is 2. The van der Waals surface area contributed by atoms with Gasteiger partial charge in [-0.2, -0.15) is 0 Å². The van der Waals surface area contributed by atoms with Gasteiger partial charge in [-0.1, -0.05) is 135 Å². The van der Waals surface area contributed by atoms with Gasteiger partial charge >= 0.3 is 0 Å². The van der Waals surface area contributed by atoms with Gasteiger partial charge in [0, 0.05) is 54.5 Å². The van der Waals surface area contributed by atoms with E-state index in [2.05, 4.69) is 63.8 Å². The van der Waals surface area contributed by atoms with Gasteiger partial charge in [-0.25, -0.2) is 0 Å². The molecule has 3 saturated heterocycles.